The molecule has 0 aromatic heterocycles. The van der Waals surface area contributed by atoms with E-state index >= 15 is 0 Å². The molecule has 150 valence electrons. The van der Waals surface area contributed by atoms with Crippen molar-refractivity contribution in [3.05, 3.63) is 95.0 Å². The van der Waals surface area contributed by atoms with E-state index in [1.807, 2.05) is 61.5 Å². The predicted molar refractivity (Wildman–Crippen MR) is 117 cm³/mol. The maximum Gasteiger partial charge on any atom is 0.513 e. The van der Waals surface area contributed by atoms with E-state index < -0.39 is 6.16 Å². The van der Waals surface area contributed by atoms with Crippen LogP contribution in [0.25, 0.3) is 0 Å². The summed E-state index contributed by atoms with van der Waals surface area (Å²) in [7, 11) is 0. The minimum absolute atomic E-state index is 0.227. The Morgan fingerprint density at radius 1 is 0.931 bits per heavy atom. The predicted octanol–water partition coefficient (Wildman–Crippen LogP) is 5.97. The van der Waals surface area contributed by atoms with Gasteiger partial charge in [0.05, 0.1) is 6.54 Å². The summed E-state index contributed by atoms with van der Waals surface area (Å²) in [5.41, 5.74) is 3.38. The van der Waals surface area contributed by atoms with Crippen LogP contribution >= 0.6 is 11.6 Å². The molecule has 0 spiro atoms. The molecule has 5 heteroatoms. The summed E-state index contributed by atoms with van der Waals surface area (Å²) in [6, 6.07) is 25.3. The number of nitrogens with zero attached hydrogens (tertiary/aromatic N) is 1. The Balaban J connectivity index is 1.45. The normalized spacial score (nSPS) is 10.4. The van der Waals surface area contributed by atoms with E-state index in [4.69, 9.17) is 21.1 Å². The first-order valence-electron chi connectivity index (χ1n) is 9.62. The molecule has 0 bridgehead atoms. The van der Waals surface area contributed by atoms with Gasteiger partial charge in [0, 0.05) is 17.3 Å². The van der Waals surface area contributed by atoms with Gasteiger partial charge in [0.1, 0.15) is 12.4 Å². The first-order chi connectivity index (χ1) is 14.1. The highest BCUT2D eigenvalue weighted by molar-refractivity contribution is 6.30. The van der Waals surface area contributed by atoms with E-state index in [-0.39, 0.29) is 6.61 Å². The second-order valence-electron chi connectivity index (χ2n) is 6.57. The number of carbonyl (C=O) groups is 1. The standard InChI is InChI=1S/C24H24ClNO3/c1-2-26(22-10-6-9-21(25)18-22)15-16-28-24(27)29-23-13-11-20(12-14-23)17-19-7-4-3-5-8-19/h3-14,18H,2,15-17H2,1H3. The molecule has 3 rings (SSSR count). The average Bonchev–Trinajstić information content (AvgIpc) is 2.73. The number of ether oxygens (including phenoxy) is 2. The van der Waals surface area contributed by atoms with Gasteiger partial charge in [0.25, 0.3) is 0 Å². The molecule has 3 aromatic rings. The van der Waals surface area contributed by atoms with E-state index in [2.05, 4.69) is 17.0 Å². The van der Waals surface area contributed by atoms with Gasteiger partial charge in [-0.15, -0.1) is 0 Å². The Morgan fingerprint density at radius 3 is 2.34 bits per heavy atom. The van der Waals surface area contributed by atoms with Crippen molar-refractivity contribution in [2.75, 3.05) is 24.6 Å². The zero-order valence-corrected chi connectivity index (χ0v) is 17.1. The summed E-state index contributed by atoms with van der Waals surface area (Å²) in [6.45, 7) is 3.60. The fraction of sp³-hybridized carbons (Fsp3) is 0.208. The van der Waals surface area contributed by atoms with Crippen LogP contribution in [0.1, 0.15) is 18.1 Å². The van der Waals surface area contributed by atoms with Crippen LogP contribution in [0.2, 0.25) is 5.02 Å². The Morgan fingerprint density at radius 2 is 1.66 bits per heavy atom. The third kappa shape index (κ3) is 6.54. The second kappa shape index (κ2) is 10.5. The highest BCUT2D eigenvalue weighted by Gasteiger charge is 2.09. The van der Waals surface area contributed by atoms with Gasteiger partial charge < -0.3 is 14.4 Å². The number of hydrogen-bond donors (Lipinski definition) is 0. The molecule has 0 aliphatic rings. The van der Waals surface area contributed by atoms with Gasteiger partial charge in [-0.05, 0) is 54.8 Å². The van der Waals surface area contributed by atoms with Gasteiger partial charge in [-0.3, -0.25) is 0 Å². The van der Waals surface area contributed by atoms with Gasteiger partial charge in [-0.1, -0.05) is 60.1 Å². The summed E-state index contributed by atoms with van der Waals surface area (Å²) in [5, 5.41) is 0.678. The number of halogens is 1. The summed E-state index contributed by atoms with van der Waals surface area (Å²) in [6.07, 6.45) is 0.130. The maximum atomic E-state index is 12.0. The van der Waals surface area contributed by atoms with Crippen molar-refractivity contribution in [3.63, 3.8) is 0 Å². The van der Waals surface area contributed by atoms with E-state index in [0.29, 0.717) is 17.3 Å². The summed E-state index contributed by atoms with van der Waals surface area (Å²) >= 11 is 6.04. The largest absolute Gasteiger partial charge is 0.513 e. The molecular formula is C24H24ClNO3. The van der Waals surface area contributed by atoms with E-state index in [0.717, 1.165) is 24.2 Å². The van der Waals surface area contributed by atoms with Crippen LogP contribution in [0, 0.1) is 0 Å². The molecule has 0 saturated carbocycles. The molecule has 4 nitrogen and oxygen atoms in total. The molecule has 0 heterocycles. The van der Waals surface area contributed by atoms with Crippen LogP contribution in [0.3, 0.4) is 0 Å². The van der Waals surface area contributed by atoms with Crippen LogP contribution in [-0.4, -0.2) is 25.9 Å². The van der Waals surface area contributed by atoms with Gasteiger partial charge in [0.15, 0.2) is 0 Å². The molecule has 0 saturated heterocycles. The topological polar surface area (TPSA) is 38.8 Å². The first-order valence-corrected chi connectivity index (χ1v) is 10.00. The van der Waals surface area contributed by atoms with E-state index in [9.17, 15) is 4.79 Å². The van der Waals surface area contributed by atoms with Crippen LogP contribution in [-0.2, 0) is 11.2 Å². The Kier molecular flexibility index (Phi) is 7.54. The lowest BCUT2D eigenvalue weighted by molar-refractivity contribution is 0.101. The minimum atomic E-state index is -0.706. The minimum Gasteiger partial charge on any atom is -0.432 e. The lowest BCUT2D eigenvalue weighted by Crippen LogP contribution is -2.28. The van der Waals surface area contributed by atoms with Crippen molar-refractivity contribution >= 4 is 23.4 Å². The van der Waals surface area contributed by atoms with Crippen molar-refractivity contribution in [2.45, 2.75) is 13.3 Å². The second-order valence-corrected chi connectivity index (χ2v) is 7.00. The van der Waals surface area contributed by atoms with Gasteiger partial charge in [-0.2, -0.15) is 0 Å². The van der Waals surface area contributed by atoms with Crippen LogP contribution < -0.4 is 9.64 Å². The SMILES string of the molecule is CCN(CCOC(=O)Oc1ccc(Cc2ccccc2)cc1)c1cccc(Cl)c1. The number of anilines is 1. The molecule has 0 aliphatic heterocycles. The van der Waals surface area contributed by atoms with Crippen molar-refractivity contribution in [1.29, 1.82) is 0 Å². The first kappa shape index (κ1) is 20.7. The molecule has 0 atom stereocenters. The van der Waals surface area contributed by atoms with Crippen LogP contribution in [0.4, 0.5) is 10.5 Å². The average molecular weight is 410 g/mol. The highest BCUT2D eigenvalue weighted by Crippen LogP contribution is 2.19. The van der Waals surface area contributed by atoms with Gasteiger partial charge in [-0.25, -0.2) is 4.79 Å². The zero-order chi connectivity index (χ0) is 20.5. The zero-order valence-electron chi connectivity index (χ0n) is 16.4. The fourth-order valence-electron chi connectivity index (χ4n) is 3.01. The van der Waals surface area contributed by atoms with Crippen molar-refractivity contribution in [3.8, 4) is 5.75 Å². The number of rotatable bonds is 8. The van der Waals surface area contributed by atoms with Gasteiger partial charge in [0.2, 0.25) is 0 Å². The molecular weight excluding hydrogens is 386 g/mol. The van der Waals surface area contributed by atoms with Crippen LogP contribution in [0.15, 0.2) is 78.9 Å². The molecule has 0 amide bonds. The molecule has 0 aliphatic carbocycles. The monoisotopic (exact) mass is 409 g/mol. The van der Waals surface area contributed by atoms with Crippen molar-refractivity contribution in [1.82, 2.24) is 0 Å². The van der Waals surface area contributed by atoms with E-state index in [1.165, 1.54) is 5.56 Å². The van der Waals surface area contributed by atoms with Crippen molar-refractivity contribution in [2.24, 2.45) is 0 Å². The van der Waals surface area contributed by atoms with Crippen LogP contribution in [0.5, 0.6) is 5.75 Å². The fourth-order valence-corrected chi connectivity index (χ4v) is 3.20. The van der Waals surface area contributed by atoms with Crippen molar-refractivity contribution < 1.29 is 14.3 Å². The van der Waals surface area contributed by atoms with E-state index in [1.54, 1.807) is 12.1 Å². The molecule has 0 N–H and O–H groups in total. The summed E-state index contributed by atoms with van der Waals surface area (Å²) in [5.74, 6) is 0.467. The molecule has 0 fully saturated rings. The summed E-state index contributed by atoms with van der Waals surface area (Å²) in [4.78, 5) is 14.0. The summed E-state index contributed by atoms with van der Waals surface area (Å²) < 4.78 is 10.5. The molecule has 29 heavy (non-hydrogen) atoms. The number of hydrogen-bond acceptors (Lipinski definition) is 4. The smallest absolute Gasteiger partial charge is 0.432 e. The van der Waals surface area contributed by atoms with Gasteiger partial charge >= 0.3 is 6.16 Å². The lowest BCUT2D eigenvalue weighted by atomic mass is 10.1. The third-order valence-corrected chi connectivity index (χ3v) is 4.75. The molecule has 3 aromatic carbocycles. The third-order valence-electron chi connectivity index (χ3n) is 4.51. The number of carbonyl (C=O) groups excluding carboxylic acids is 1. The number of benzene rings is 3. The Bertz CT molecular complexity index is 913. The molecule has 0 radical (unpaired) electrons. The molecule has 0 unspecified atom stereocenters. The lowest BCUT2D eigenvalue weighted by Gasteiger charge is -2.22. The quantitative estimate of drug-likeness (QED) is 0.339. The maximum absolute atomic E-state index is 12.0. The Labute approximate surface area is 176 Å². The highest BCUT2D eigenvalue weighted by atomic mass is 35.5. The Hall–Kier alpha value is -2.98. The number of likely N-dealkylation sites (N-methyl/N-ethyl adjacent to an activating group) is 1.